The van der Waals surface area contributed by atoms with E-state index in [2.05, 4.69) is 5.32 Å². The first-order valence-electron chi connectivity index (χ1n) is 6.90. The van der Waals surface area contributed by atoms with E-state index in [9.17, 15) is 18.0 Å². The lowest BCUT2D eigenvalue weighted by atomic mass is 10.2. The first kappa shape index (κ1) is 18.2. The fourth-order valence-electron chi connectivity index (χ4n) is 1.68. The summed E-state index contributed by atoms with van der Waals surface area (Å²) in [5, 5.41) is 2.65. The van der Waals surface area contributed by atoms with Gasteiger partial charge in [-0.3, -0.25) is 4.79 Å². The molecule has 0 aliphatic rings. The van der Waals surface area contributed by atoms with E-state index in [0.717, 1.165) is 6.26 Å². The van der Waals surface area contributed by atoms with E-state index >= 15 is 0 Å². The van der Waals surface area contributed by atoms with E-state index in [1.54, 1.807) is 0 Å². The maximum absolute atomic E-state index is 12.1. The van der Waals surface area contributed by atoms with Crippen molar-refractivity contribution in [3.63, 3.8) is 0 Å². The number of hydrogen-bond acceptors (Lipinski definition) is 5. The molecule has 0 aliphatic carbocycles. The van der Waals surface area contributed by atoms with Crippen LogP contribution >= 0.6 is 0 Å². The van der Waals surface area contributed by atoms with E-state index < -0.39 is 27.8 Å². The second-order valence-electron chi connectivity index (χ2n) is 5.45. The lowest BCUT2D eigenvalue weighted by molar-refractivity contribution is -0.129. The van der Waals surface area contributed by atoms with E-state index in [0.29, 0.717) is 6.54 Å². The molecule has 0 spiro atoms. The summed E-state index contributed by atoms with van der Waals surface area (Å²) in [4.78, 5) is 23.8. The monoisotopic (exact) mass is 327 g/mol. The van der Waals surface area contributed by atoms with Gasteiger partial charge in [0.25, 0.3) is 5.91 Å². The highest BCUT2D eigenvalue weighted by Crippen LogP contribution is 2.17. The molecule has 0 heterocycles. The van der Waals surface area contributed by atoms with Crippen molar-refractivity contribution in [2.45, 2.75) is 31.8 Å². The molecule has 0 saturated carbocycles. The Kier molecular flexibility index (Phi) is 6.11. The molecular formula is C15H21NO5S. The first-order chi connectivity index (χ1) is 10.1. The second-order valence-corrected chi connectivity index (χ2v) is 7.44. The molecule has 0 radical (unpaired) electrons. The second kappa shape index (κ2) is 7.40. The molecule has 0 unspecified atom stereocenters. The van der Waals surface area contributed by atoms with Crippen molar-refractivity contribution < 1.29 is 22.7 Å². The number of rotatable bonds is 6. The number of nitrogens with one attached hydrogen (secondary N) is 1. The number of hydrogen-bond donors (Lipinski definition) is 1. The van der Waals surface area contributed by atoms with Crippen LogP contribution in [-0.4, -0.2) is 39.2 Å². The summed E-state index contributed by atoms with van der Waals surface area (Å²) in [5.41, 5.74) is -0.0755. The van der Waals surface area contributed by atoms with E-state index in [4.69, 9.17) is 4.74 Å². The van der Waals surface area contributed by atoms with Crippen LogP contribution < -0.4 is 5.32 Å². The van der Waals surface area contributed by atoms with Gasteiger partial charge in [-0.05, 0) is 25.0 Å². The van der Waals surface area contributed by atoms with E-state index in [1.807, 2.05) is 13.8 Å². The van der Waals surface area contributed by atoms with Gasteiger partial charge in [-0.15, -0.1) is 0 Å². The van der Waals surface area contributed by atoms with E-state index in [1.165, 1.54) is 31.2 Å². The Morgan fingerprint density at radius 1 is 1.18 bits per heavy atom. The van der Waals surface area contributed by atoms with Crippen molar-refractivity contribution in [1.82, 2.24) is 5.32 Å². The van der Waals surface area contributed by atoms with Crippen molar-refractivity contribution in [3.8, 4) is 0 Å². The summed E-state index contributed by atoms with van der Waals surface area (Å²) in [5.74, 6) is -0.982. The smallest absolute Gasteiger partial charge is 0.340 e. The highest BCUT2D eigenvalue weighted by Gasteiger charge is 2.23. The van der Waals surface area contributed by atoms with Gasteiger partial charge >= 0.3 is 5.97 Å². The quantitative estimate of drug-likeness (QED) is 0.798. The SMILES string of the molecule is CC(C)CNC(=O)[C@@H](C)OC(=O)c1ccccc1S(C)(=O)=O. The Morgan fingerprint density at radius 3 is 2.32 bits per heavy atom. The summed E-state index contributed by atoms with van der Waals surface area (Å²) < 4.78 is 28.4. The molecule has 1 aromatic rings. The molecule has 1 rings (SSSR count). The van der Waals surface area contributed by atoms with Crippen molar-refractivity contribution >= 4 is 21.7 Å². The van der Waals surface area contributed by atoms with Crippen LogP contribution in [-0.2, 0) is 19.4 Å². The van der Waals surface area contributed by atoms with Crippen LogP contribution in [0, 0.1) is 5.92 Å². The lowest BCUT2D eigenvalue weighted by Crippen LogP contribution is -2.37. The molecule has 22 heavy (non-hydrogen) atoms. The number of sulfone groups is 1. The van der Waals surface area contributed by atoms with Crippen LogP contribution in [0.2, 0.25) is 0 Å². The van der Waals surface area contributed by atoms with Gasteiger partial charge in [0.05, 0.1) is 10.5 Å². The summed E-state index contributed by atoms with van der Waals surface area (Å²) in [6.45, 7) is 5.80. The summed E-state index contributed by atoms with van der Waals surface area (Å²) in [7, 11) is -3.56. The van der Waals surface area contributed by atoms with Crippen molar-refractivity contribution in [3.05, 3.63) is 29.8 Å². The topological polar surface area (TPSA) is 89.5 Å². The van der Waals surface area contributed by atoms with Crippen molar-refractivity contribution in [2.75, 3.05) is 12.8 Å². The lowest BCUT2D eigenvalue weighted by Gasteiger charge is -2.15. The van der Waals surface area contributed by atoms with Gasteiger partial charge in [0, 0.05) is 12.8 Å². The summed E-state index contributed by atoms with van der Waals surface area (Å²) in [6, 6.07) is 5.74. The minimum Gasteiger partial charge on any atom is -0.449 e. The van der Waals surface area contributed by atoms with Crippen LogP contribution in [0.3, 0.4) is 0 Å². The number of benzene rings is 1. The van der Waals surface area contributed by atoms with Crippen LogP contribution in [0.4, 0.5) is 0 Å². The van der Waals surface area contributed by atoms with Crippen LogP contribution in [0.5, 0.6) is 0 Å². The van der Waals surface area contributed by atoms with Gasteiger partial charge in [0.1, 0.15) is 0 Å². The van der Waals surface area contributed by atoms with Gasteiger partial charge < -0.3 is 10.1 Å². The molecular weight excluding hydrogens is 306 g/mol. The normalized spacial score (nSPS) is 12.8. The average Bonchev–Trinajstić information content (AvgIpc) is 2.43. The molecule has 1 aromatic carbocycles. The maximum Gasteiger partial charge on any atom is 0.340 e. The molecule has 7 heteroatoms. The molecule has 0 aliphatic heterocycles. The first-order valence-corrected chi connectivity index (χ1v) is 8.80. The number of carbonyl (C=O) groups excluding carboxylic acids is 2. The van der Waals surface area contributed by atoms with Crippen LogP contribution in [0.1, 0.15) is 31.1 Å². The third-order valence-corrected chi connectivity index (χ3v) is 4.00. The fourth-order valence-corrected chi connectivity index (χ4v) is 2.56. The standard InChI is InChI=1S/C15H21NO5S/c1-10(2)9-16-14(17)11(3)21-15(18)12-7-5-6-8-13(12)22(4,19)20/h5-8,10-11H,9H2,1-4H3,(H,16,17)/t11-/m1/s1. The third-order valence-electron chi connectivity index (χ3n) is 2.84. The van der Waals surface area contributed by atoms with Gasteiger partial charge in [-0.25, -0.2) is 13.2 Å². The van der Waals surface area contributed by atoms with Gasteiger partial charge in [0.2, 0.25) is 0 Å². The zero-order valence-electron chi connectivity index (χ0n) is 13.1. The highest BCUT2D eigenvalue weighted by atomic mass is 32.2. The minimum absolute atomic E-state index is 0.0755. The molecule has 1 N–H and O–H groups in total. The largest absolute Gasteiger partial charge is 0.449 e. The zero-order valence-corrected chi connectivity index (χ0v) is 13.9. The maximum atomic E-state index is 12.1. The predicted molar refractivity (Wildman–Crippen MR) is 82.3 cm³/mol. The number of esters is 1. The van der Waals surface area contributed by atoms with E-state index in [-0.39, 0.29) is 16.4 Å². The zero-order chi connectivity index (χ0) is 16.9. The van der Waals surface area contributed by atoms with Crippen LogP contribution in [0.15, 0.2) is 29.2 Å². The highest BCUT2D eigenvalue weighted by molar-refractivity contribution is 7.90. The Bertz CT molecular complexity index is 652. The summed E-state index contributed by atoms with van der Waals surface area (Å²) in [6.07, 6.45) is 0.0107. The number of amides is 1. The molecule has 122 valence electrons. The molecule has 1 atom stereocenters. The van der Waals surface area contributed by atoms with Crippen molar-refractivity contribution in [2.24, 2.45) is 5.92 Å². The Morgan fingerprint density at radius 2 is 1.77 bits per heavy atom. The number of carbonyl (C=O) groups is 2. The molecule has 0 fully saturated rings. The third kappa shape index (κ3) is 5.14. The molecule has 0 bridgehead atoms. The Hall–Kier alpha value is -1.89. The summed E-state index contributed by atoms with van der Waals surface area (Å²) >= 11 is 0. The molecule has 0 aromatic heterocycles. The average molecular weight is 327 g/mol. The minimum atomic E-state index is -3.56. The molecule has 6 nitrogen and oxygen atoms in total. The fraction of sp³-hybridized carbons (Fsp3) is 0.467. The Balaban J connectivity index is 2.84. The number of ether oxygens (including phenoxy) is 1. The van der Waals surface area contributed by atoms with Crippen molar-refractivity contribution in [1.29, 1.82) is 0 Å². The molecule has 0 saturated heterocycles. The van der Waals surface area contributed by atoms with Gasteiger partial charge in [-0.2, -0.15) is 0 Å². The predicted octanol–water partition coefficient (Wildman–Crippen LogP) is 1.41. The van der Waals surface area contributed by atoms with Crippen LogP contribution in [0.25, 0.3) is 0 Å². The van der Waals surface area contributed by atoms with Gasteiger partial charge in [0.15, 0.2) is 15.9 Å². The van der Waals surface area contributed by atoms with Gasteiger partial charge in [-0.1, -0.05) is 26.0 Å². The molecule has 1 amide bonds. The Labute approximate surface area is 130 Å².